The first kappa shape index (κ1) is 17.8. The molecule has 1 N–H and O–H groups in total. The van der Waals surface area contributed by atoms with Crippen molar-refractivity contribution >= 4 is 28.6 Å². The van der Waals surface area contributed by atoms with Crippen LogP contribution in [0, 0.1) is 11.3 Å². The van der Waals surface area contributed by atoms with Crippen LogP contribution in [0.4, 0.5) is 0 Å². The molecular weight excluding hydrogens is 352 g/mol. The van der Waals surface area contributed by atoms with Crippen LogP contribution in [0.25, 0.3) is 22.7 Å². The van der Waals surface area contributed by atoms with E-state index in [9.17, 15) is 10.1 Å². The van der Waals surface area contributed by atoms with E-state index in [1.807, 2.05) is 41.3 Å². The molecule has 3 aromatic rings. The molecule has 140 valence electrons. The number of imidazole rings is 1. The maximum Gasteiger partial charge on any atom is 0.260 e. The Morgan fingerprint density at radius 3 is 2.64 bits per heavy atom. The molecule has 0 radical (unpaired) electrons. The van der Waals surface area contributed by atoms with E-state index in [1.165, 1.54) is 0 Å². The molecule has 1 saturated heterocycles. The Bertz CT molecular complexity index is 1020. The van der Waals surface area contributed by atoms with E-state index in [2.05, 4.69) is 16.0 Å². The number of nitrogens with zero attached hydrogens (tertiary/aromatic N) is 3. The van der Waals surface area contributed by atoms with E-state index in [4.69, 9.17) is 4.74 Å². The summed E-state index contributed by atoms with van der Waals surface area (Å²) in [5.41, 5.74) is 3.03. The number of carbonyl (C=O) groups excluding carboxylic acids is 1. The first-order valence-electron chi connectivity index (χ1n) is 9.30. The molecular formula is C22H20N4O2. The summed E-state index contributed by atoms with van der Waals surface area (Å²) in [6, 6.07) is 17.2. The SMILES string of the molecule is N#CC(=Cc1ccc(OCC(=O)N2CCCC2)cc1)c1nc2ccccc2[nH]1. The van der Waals surface area contributed by atoms with Crippen molar-refractivity contribution in [3.8, 4) is 11.8 Å². The molecule has 1 aliphatic rings. The van der Waals surface area contributed by atoms with Gasteiger partial charge in [0.25, 0.3) is 5.91 Å². The minimum Gasteiger partial charge on any atom is -0.484 e. The predicted molar refractivity (Wildman–Crippen MR) is 107 cm³/mol. The van der Waals surface area contributed by atoms with Crippen LogP contribution in [0.3, 0.4) is 0 Å². The Kier molecular flexibility index (Phi) is 5.07. The van der Waals surface area contributed by atoms with Gasteiger partial charge in [0.2, 0.25) is 0 Å². The number of amides is 1. The van der Waals surface area contributed by atoms with Crippen LogP contribution in [-0.2, 0) is 4.79 Å². The average Bonchev–Trinajstić information content (AvgIpc) is 3.41. The number of para-hydroxylation sites is 2. The zero-order valence-electron chi connectivity index (χ0n) is 15.4. The molecule has 2 heterocycles. The summed E-state index contributed by atoms with van der Waals surface area (Å²) in [6.07, 6.45) is 3.91. The fourth-order valence-corrected chi connectivity index (χ4v) is 3.26. The molecule has 0 spiro atoms. The number of hydrogen-bond acceptors (Lipinski definition) is 4. The molecule has 6 heteroatoms. The number of likely N-dealkylation sites (tertiary alicyclic amines) is 1. The number of aromatic nitrogens is 2. The van der Waals surface area contributed by atoms with Crippen LogP contribution in [0.2, 0.25) is 0 Å². The van der Waals surface area contributed by atoms with Crippen molar-refractivity contribution in [3.63, 3.8) is 0 Å². The summed E-state index contributed by atoms with van der Waals surface area (Å²) in [6.45, 7) is 1.70. The van der Waals surface area contributed by atoms with Crippen LogP contribution >= 0.6 is 0 Å². The van der Waals surface area contributed by atoms with E-state index < -0.39 is 0 Å². The van der Waals surface area contributed by atoms with Gasteiger partial charge in [-0.2, -0.15) is 5.26 Å². The van der Waals surface area contributed by atoms with Gasteiger partial charge in [0.15, 0.2) is 6.61 Å². The van der Waals surface area contributed by atoms with Crippen LogP contribution in [0.15, 0.2) is 48.5 Å². The van der Waals surface area contributed by atoms with Crippen LogP contribution in [-0.4, -0.2) is 40.5 Å². The van der Waals surface area contributed by atoms with Crippen molar-refractivity contribution in [2.75, 3.05) is 19.7 Å². The lowest BCUT2D eigenvalue weighted by Crippen LogP contribution is -2.32. The Morgan fingerprint density at radius 2 is 1.93 bits per heavy atom. The number of benzene rings is 2. The van der Waals surface area contributed by atoms with E-state index >= 15 is 0 Å². The number of fused-ring (bicyclic) bond motifs is 1. The standard InChI is InChI=1S/C22H20N4O2/c23-14-17(22-24-19-5-1-2-6-20(19)25-22)13-16-7-9-18(10-8-16)28-15-21(27)26-11-3-4-12-26/h1-2,5-10,13H,3-4,11-12,15H2,(H,24,25). The lowest BCUT2D eigenvalue weighted by Gasteiger charge is -2.15. The molecule has 4 rings (SSSR count). The average molecular weight is 372 g/mol. The van der Waals surface area contributed by atoms with Crippen LogP contribution < -0.4 is 4.74 Å². The lowest BCUT2D eigenvalue weighted by molar-refractivity contribution is -0.132. The summed E-state index contributed by atoms with van der Waals surface area (Å²) in [5, 5.41) is 9.52. The molecule has 0 atom stereocenters. The Balaban J connectivity index is 1.45. The molecule has 0 aliphatic carbocycles. The number of hydrogen-bond donors (Lipinski definition) is 1. The van der Waals surface area contributed by atoms with Gasteiger partial charge in [-0.3, -0.25) is 4.79 Å². The zero-order chi connectivity index (χ0) is 19.3. The first-order valence-corrected chi connectivity index (χ1v) is 9.30. The number of aromatic amines is 1. The molecule has 0 saturated carbocycles. The van der Waals surface area contributed by atoms with Crippen molar-refractivity contribution in [1.82, 2.24) is 14.9 Å². The second-order valence-corrected chi connectivity index (χ2v) is 6.72. The van der Waals surface area contributed by atoms with Gasteiger partial charge in [-0.25, -0.2) is 4.98 Å². The zero-order valence-corrected chi connectivity index (χ0v) is 15.4. The minimum absolute atomic E-state index is 0.0260. The number of allylic oxidation sites excluding steroid dienone is 1. The quantitative estimate of drug-likeness (QED) is 0.694. The summed E-state index contributed by atoms with van der Waals surface area (Å²) in [4.78, 5) is 21.5. The maximum atomic E-state index is 12.0. The Morgan fingerprint density at radius 1 is 1.18 bits per heavy atom. The van der Waals surface area contributed by atoms with Crippen molar-refractivity contribution in [3.05, 3.63) is 59.9 Å². The molecule has 0 unspecified atom stereocenters. The van der Waals surface area contributed by atoms with Gasteiger partial charge >= 0.3 is 0 Å². The number of ether oxygens (including phenoxy) is 1. The van der Waals surface area contributed by atoms with Gasteiger partial charge < -0.3 is 14.6 Å². The smallest absolute Gasteiger partial charge is 0.260 e. The molecule has 1 fully saturated rings. The van der Waals surface area contributed by atoms with E-state index in [0.29, 0.717) is 17.1 Å². The van der Waals surface area contributed by atoms with Gasteiger partial charge in [-0.15, -0.1) is 0 Å². The highest BCUT2D eigenvalue weighted by molar-refractivity contribution is 5.90. The number of rotatable bonds is 5. The van der Waals surface area contributed by atoms with Crippen molar-refractivity contribution < 1.29 is 9.53 Å². The normalized spacial score (nSPS) is 14.2. The number of carbonyl (C=O) groups is 1. The number of nitrogens with one attached hydrogen (secondary N) is 1. The highest BCUT2D eigenvalue weighted by Gasteiger charge is 2.18. The molecule has 1 aliphatic heterocycles. The second-order valence-electron chi connectivity index (χ2n) is 6.72. The monoisotopic (exact) mass is 372 g/mol. The third kappa shape index (κ3) is 3.89. The first-order chi connectivity index (χ1) is 13.7. The molecule has 1 amide bonds. The predicted octanol–water partition coefficient (Wildman–Crippen LogP) is 3.63. The maximum absolute atomic E-state index is 12.0. The number of H-pyrrole nitrogens is 1. The molecule has 1 aromatic heterocycles. The van der Waals surface area contributed by atoms with Gasteiger partial charge in [0.05, 0.1) is 16.6 Å². The third-order valence-corrected chi connectivity index (χ3v) is 4.78. The third-order valence-electron chi connectivity index (χ3n) is 4.78. The number of nitriles is 1. The summed E-state index contributed by atoms with van der Waals surface area (Å²) in [5.74, 6) is 1.20. The van der Waals surface area contributed by atoms with Gasteiger partial charge in [-0.05, 0) is 48.7 Å². The summed E-state index contributed by atoms with van der Waals surface area (Å²) >= 11 is 0. The van der Waals surface area contributed by atoms with Crippen molar-refractivity contribution in [1.29, 1.82) is 5.26 Å². The molecule has 2 aromatic carbocycles. The molecule has 6 nitrogen and oxygen atoms in total. The van der Waals surface area contributed by atoms with Crippen LogP contribution in [0.1, 0.15) is 24.2 Å². The minimum atomic E-state index is 0.0260. The van der Waals surface area contributed by atoms with Gasteiger partial charge in [0.1, 0.15) is 17.6 Å². The van der Waals surface area contributed by atoms with Crippen molar-refractivity contribution in [2.45, 2.75) is 12.8 Å². The van der Waals surface area contributed by atoms with Gasteiger partial charge in [0, 0.05) is 13.1 Å². The second kappa shape index (κ2) is 7.97. The molecule has 28 heavy (non-hydrogen) atoms. The highest BCUT2D eigenvalue weighted by Crippen LogP contribution is 2.20. The van der Waals surface area contributed by atoms with Crippen LogP contribution in [0.5, 0.6) is 5.75 Å². The summed E-state index contributed by atoms with van der Waals surface area (Å²) in [7, 11) is 0. The molecule has 0 bridgehead atoms. The topological polar surface area (TPSA) is 82.0 Å². The fraction of sp³-hybridized carbons (Fsp3) is 0.227. The van der Waals surface area contributed by atoms with E-state index in [1.54, 1.807) is 18.2 Å². The largest absolute Gasteiger partial charge is 0.484 e. The lowest BCUT2D eigenvalue weighted by atomic mass is 10.1. The van der Waals surface area contributed by atoms with Crippen molar-refractivity contribution in [2.24, 2.45) is 0 Å². The fourth-order valence-electron chi connectivity index (χ4n) is 3.26. The Labute approximate surface area is 163 Å². The van der Waals surface area contributed by atoms with E-state index in [-0.39, 0.29) is 12.5 Å². The van der Waals surface area contributed by atoms with E-state index in [0.717, 1.165) is 42.5 Å². The highest BCUT2D eigenvalue weighted by atomic mass is 16.5. The summed E-state index contributed by atoms with van der Waals surface area (Å²) < 4.78 is 5.60. The van der Waals surface area contributed by atoms with Gasteiger partial charge in [-0.1, -0.05) is 24.3 Å². The Hall–Kier alpha value is -3.59.